The lowest BCUT2D eigenvalue weighted by Gasteiger charge is -2.12. The van der Waals surface area contributed by atoms with Crippen molar-refractivity contribution in [3.8, 4) is 11.5 Å². The Kier molecular flexibility index (Phi) is 8.91. The van der Waals surface area contributed by atoms with Gasteiger partial charge in [-0.25, -0.2) is 14.6 Å². The molecule has 0 fully saturated rings. The second-order valence-electron chi connectivity index (χ2n) is 8.37. The summed E-state index contributed by atoms with van der Waals surface area (Å²) in [6.07, 6.45) is 0.791. The van der Waals surface area contributed by atoms with Crippen LogP contribution in [0.3, 0.4) is 0 Å². The highest BCUT2D eigenvalue weighted by Gasteiger charge is 2.17. The Morgan fingerprint density at radius 3 is 2.32 bits per heavy atom. The van der Waals surface area contributed by atoms with E-state index in [1.807, 2.05) is 24.3 Å². The molecular formula is C29H30N2O6S. The van der Waals surface area contributed by atoms with Crippen LogP contribution in [-0.2, 0) is 28.2 Å². The van der Waals surface area contributed by atoms with E-state index < -0.39 is 5.97 Å². The minimum atomic E-state index is -0.416. The van der Waals surface area contributed by atoms with Gasteiger partial charge in [-0.05, 0) is 61.4 Å². The lowest BCUT2D eigenvalue weighted by Crippen LogP contribution is -2.05. The van der Waals surface area contributed by atoms with Crippen LogP contribution in [0.25, 0.3) is 11.0 Å². The number of nitrogens with zero attached hydrogens (tertiary/aromatic N) is 2. The van der Waals surface area contributed by atoms with Gasteiger partial charge in [0.2, 0.25) is 0 Å². The molecule has 0 aliphatic rings. The number of rotatable bonds is 11. The van der Waals surface area contributed by atoms with Gasteiger partial charge >= 0.3 is 11.9 Å². The van der Waals surface area contributed by atoms with E-state index in [1.54, 1.807) is 57.2 Å². The molecule has 0 bridgehead atoms. The molecule has 0 aliphatic heterocycles. The zero-order chi connectivity index (χ0) is 27.1. The fraction of sp³-hybridized carbons (Fsp3) is 0.276. The average Bonchev–Trinajstić information content (AvgIpc) is 3.31. The Morgan fingerprint density at radius 1 is 0.895 bits per heavy atom. The predicted octanol–water partition coefficient (Wildman–Crippen LogP) is 5.55. The highest BCUT2D eigenvalue weighted by Crippen LogP contribution is 2.31. The molecule has 3 aromatic carbocycles. The van der Waals surface area contributed by atoms with Crippen molar-refractivity contribution in [1.82, 2.24) is 9.55 Å². The van der Waals surface area contributed by atoms with Crippen molar-refractivity contribution < 1.29 is 28.5 Å². The standard InChI is InChI=1S/C29H30N2O6S/c1-5-37-28(33)20-10-13-25-24(16-20)30-29(31(25)15-14-19-6-11-23(34-2)12-7-19)38-18-22-9-8-21(27(32)36-4)17-26(22)35-3/h6-13,16-17H,5,14-15,18H2,1-4H3. The maximum absolute atomic E-state index is 12.3. The van der Waals surface area contributed by atoms with Gasteiger partial charge in [-0.3, -0.25) is 0 Å². The Morgan fingerprint density at radius 2 is 1.63 bits per heavy atom. The van der Waals surface area contributed by atoms with Gasteiger partial charge in [-0.1, -0.05) is 30.0 Å². The number of carbonyl (C=O) groups is 2. The summed E-state index contributed by atoms with van der Waals surface area (Å²) in [5, 5.41) is 0.814. The van der Waals surface area contributed by atoms with Gasteiger partial charge < -0.3 is 23.5 Å². The number of esters is 2. The van der Waals surface area contributed by atoms with Crippen LogP contribution in [0.5, 0.6) is 11.5 Å². The summed E-state index contributed by atoms with van der Waals surface area (Å²) in [6.45, 7) is 2.79. The number of thioether (sulfide) groups is 1. The Balaban J connectivity index is 1.63. The minimum Gasteiger partial charge on any atom is -0.497 e. The lowest BCUT2D eigenvalue weighted by atomic mass is 10.1. The number of hydrogen-bond acceptors (Lipinski definition) is 8. The van der Waals surface area contributed by atoms with E-state index >= 15 is 0 Å². The summed E-state index contributed by atoms with van der Waals surface area (Å²) < 4.78 is 23.0. The summed E-state index contributed by atoms with van der Waals surface area (Å²) in [7, 11) is 4.58. The molecule has 0 spiro atoms. The van der Waals surface area contributed by atoms with Crippen molar-refractivity contribution in [2.75, 3.05) is 27.9 Å². The number of methoxy groups -OCH3 is 3. The van der Waals surface area contributed by atoms with Gasteiger partial charge in [0.15, 0.2) is 5.16 Å². The zero-order valence-corrected chi connectivity index (χ0v) is 22.7. The van der Waals surface area contributed by atoms with Gasteiger partial charge in [0, 0.05) is 17.9 Å². The first-order valence-electron chi connectivity index (χ1n) is 12.2. The maximum Gasteiger partial charge on any atom is 0.338 e. The van der Waals surface area contributed by atoms with Crippen LogP contribution < -0.4 is 9.47 Å². The van der Waals surface area contributed by atoms with E-state index in [0.717, 1.165) is 33.9 Å². The van der Waals surface area contributed by atoms with E-state index in [0.29, 0.717) is 35.8 Å². The number of aromatic nitrogens is 2. The molecule has 1 aromatic heterocycles. The number of ether oxygens (including phenoxy) is 4. The predicted molar refractivity (Wildman–Crippen MR) is 146 cm³/mol. The first-order valence-corrected chi connectivity index (χ1v) is 13.1. The van der Waals surface area contributed by atoms with E-state index in [4.69, 9.17) is 23.9 Å². The first-order chi connectivity index (χ1) is 18.5. The van der Waals surface area contributed by atoms with Crippen molar-refractivity contribution in [3.63, 3.8) is 0 Å². The molecule has 1 heterocycles. The smallest absolute Gasteiger partial charge is 0.338 e. The topological polar surface area (TPSA) is 88.9 Å². The number of imidazole rings is 1. The van der Waals surface area contributed by atoms with Gasteiger partial charge in [0.05, 0.1) is 50.1 Å². The molecule has 0 saturated heterocycles. The molecule has 4 aromatic rings. The molecular weight excluding hydrogens is 504 g/mol. The summed E-state index contributed by atoms with van der Waals surface area (Å²) >= 11 is 1.56. The van der Waals surface area contributed by atoms with Crippen molar-refractivity contribution in [1.29, 1.82) is 0 Å². The molecule has 0 aliphatic carbocycles. The third kappa shape index (κ3) is 6.11. The highest BCUT2D eigenvalue weighted by molar-refractivity contribution is 7.98. The Labute approximate surface area is 225 Å². The fourth-order valence-electron chi connectivity index (χ4n) is 4.06. The van der Waals surface area contributed by atoms with Crippen molar-refractivity contribution in [3.05, 3.63) is 82.9 Å². The molecule has 0 N–H and O–H groups in total. The molecule has 0 unspecified atom stereocenters. The number of aryl methyl sites for hydroxylation is 2. The highest BCUT2D eigenvalue weighted by atomic mass is 32.2. The number of hydrogen-bond donors (Lipinski definition) is 0. The number of benzene rings is 3. The molecule has 38 heavy (non-hydrogen) atoms. The van der Waals surface area contributed by atoms with Crippen LogP contribution in [-0.4, -0.2) is 49.4 Å². The van der Waals surface area contributed by atoms with Crippen LogP contribution in [0.4, 0.5) is 0 Å². The second kappa shape index (κ2) is 12.5. The van der Waals surface area contributed by atoms with Crippen molar-refractivity contribution >= 4 is 34.7 Å². The Hall–Kier alpha value is -3.98. The minimum absolute atomic E-state index is 0.310. The summed E-state index contributed by atoms with van der Waals surface area (Å²) in [5.74, 6) is 1.20. The monoisotopic (exact) mass is 534 g/mol. The lowest BCUT2D eigenvalue weighted by molar-refractivity contribution is 0.0525. The van der Waals surface area contributed by atoms with Crippen molar-refractivity contribution in [2.24, 2.45) is 0 Å². The molecule has 9 heteroatoms. The van der Waals surface area contributed by atoms with Gasteiger partial charge in [0.25, 0.3) is 0 Å². The molecule has 0 amide bonds. The van der Waals surface area contributed by atoms with Crippen LogP contribution in [0.15, 0.2) is 65.8 Å². The molecule has 8 nitrogen and oxygen atoms in total. The van der Waals surface area contributed by atoms with Gasteiger partial charge in [-0.15, -0.1) is 0 Å². The zero-order valence-electron chi connectivity index (χ0n) is 21.9. The largest absolute Gasteiger partial charge is 0.497 e. The van der Waals surface area contributed by atoms with Crippen molar-refractivity contribution in [2.45, 2.75) is 30.8 Å². The second-order valence-corrected chi connectivity index (χ2v) is 9.32. The average molecular weight is 535 g/mol. The van der Waals surface area contributed by atoms with E-state index in [9.17, 15) is 9.59 Å². The van der Waals surface area contributed by atoms with E-state index in [-0.39, 0.29) is 5.97 Å². The third-order valence-corrected chi connectivity index (χ3v) is 7.10. The Bertz CT molecular complexity index is 1430. The van der Waals surface area contributed by atoms with E-state index in [1.165, 1.54) is 12.7 Å². The first kappa shape index (κ1) is 27.1. The SMILES string of the molecule is CCOC(=O)c1ccc2c(c1)nc(SCc1ccc(C(=O)OC)cc1OC)n2CCc1ccc(OC)cc1. The van der Waals surface area contributed by atoms with Crippen LogP contribution >= 0.6 is 11.8 Å². The van der Waals surface area contributed by atoms with Crippen LogP contribution in [0.2, 0.25) is 0 Å². The van der Waals surface area contributed by atoms with Crippen LogP contribution in [0, 0.1) is 0 Å². The number of carbonyl (C=O) groups excluding carboxylic acids is 2. The quantitative estimate of drug-likeness (QED) is 0.183. The third-order valence-electron chi connectivity index (χ3n) is 6.07. The maximum atomic E-state index is 12.3. The van der Waals surface area contributed by atoms with Gasteiger partial charge in [0.1, 0.15) is 11.5 Å². The molecule has 0 radical (unpaired) electrons. The van der Waals surface area contributed by atoms with Gasteiger partial charge in [-0.2, -0.15) is 0 Å². The number of fused-ring (bicyclic) bond motifs is 1. The van der Waals surface area contributed by atoms with E-state index in [2.05, 4.69) is 16.7 Å². The molecule has 0 atom stereocenters. The normalized spacial score (nSPS) is 10.8. The molecule has 0 saturated carbocycles. The molecule has 4 rings (SSSR count). The fourth-order valence-corrected chi connectivity index (χ4v) is 5.09. The van der Waals surface area contributed by atoms with Crippen LogP contribution in [0.1, 0.15) is 38.8 Å². The summed E-state index contributed by atoms with van der Waals surface area (Å²) in [6, 6.07) is 18.7. The molecule has 198 valence electrons. The summed E-state index contributed by atoms with van der Waals surface area (Å²) in [5.41, 5.74) is 4.65. The summed E-state index contributed by atoms with van der Waals surface area (Å²) in [4.78, 5) is 29.1.